The van der Waals surface area contributed by atoms with Crippen molar-refractivity contribution in [2.45, 2.75) is 44.2 Å². The molecule has 0 spiro atoms. The fraction of sp³-hybridized carbons (Fsp3) is 0.625. The first-order valence-electron chi connectivity index (χ1n) is 7.34. The average Bonchev–Trinajstić information content (AvgIpc) is 2.82. The number of likely N-dealkylation sites (tertiary alicyclic amines) is 1. The molecule has 2 aliphatic rings. The average molecular weight is 340 g/mol. The maximum atomic E-state index is 10.9. The molecule has 1 aromatic carbocycles. The molecule has 0 bridgehead atoms. The standard InChI is InChI=1S/C16H22BrNO2/c1-11-9-16(19,4-5-18(11)2)10-13-8-14(17)7-12-3-6-20-15(12)13/h7-8,11,19H,3-6,9-10H2,1-2H3. The van der Waals surface area contributed by atoms with Gasteiger partial charge in [0.15, 0.2) is 0 Å². The minimum absolute atomic E-state index is 0.426. The Hall–Kier alpha value is -0.580. The van der Waals surface area contributed by atoms with Crippen LogP contribution in [0.2, 0.25) is 0 Å². The molecular weight excluding hydrogens is 318 g/mol. The summed E-state index contributed by atoms with van der Waals surface area (Å²) in [4.78, 5) is 2.32. The summed E-state index contributed by atoms with van der Waals surface area (Å²) < 4.78 is 6.86. The predicted octanol–water partition coefficient (Wildman–Crippen LogP) is 2.77. The second-order valence-corrected chi connectivity index (χ2v) is 7.25. The van der Waals surface area contributed by atoms with E-state index in [1.165, 1.54) is 5.56 Å². The Kier molecular flexibility index (Phi) is 3.82. The third-order valence-corrected chi connectivity index (χ3v) is 5.16. The van der Waals surface area contributed by atoms with Gasteiger partial charge in [0.2, 0.25) is 0 Å². The van der Waals surface area contributed by atoms with Gasteiger partial charge in [-0.2, -0.15) is 0 Å². The molecule has 2 aliphatic heterocycles. The summed E-state index contributed by atoms with van der Waals surface area (Å²) >= 11 is 3.57. The van der Waals surface area contributed by atoms with E-state index in [2.05, 4.69) is 46.9 Å². The van der Waals surface area contributed by atoms with Gasteiger partial charge in [-0.1, -0.05) is 15.9 Å². The Morgan fingerprint density at radius 3 is 3.05 bits per heavy atom. The van der Waals surface area contributed by atoms with Crippen molar-refractivity contribution in [2.75, 3.05) is 20.2 Å². The SMILES string of the molecule is CC1CC(O)(Cc2cc(Br)cc3c2OCC3)CCN1C. The van der Waals surface area contributed by atoms with Crippen LogP contribution in [0.25, 0.3) is 0 Å². The van der Waals surface area contributed by atoms with E-state index in [0.717, 1.165) is 48.2 Å². The highest BCUT2D eigenvalue weighted by Crippen LogP contribution is 2.37. The summed E-state index contributed by atoms with van der Waals surface area (Å²) in [6.45, 7) is 3.90. The van der Waals surface area contributed by atoms with E-state index in [1.807, 2.05) is 0 Å². The fourth-order valence-electron chi connectivity index (χ4n) is 3.41. The summed E-state index contributed by atoms with van der Waals surface area (Å²) in [5, 5.41) is 10.9. The monoisotopic (exact) mass is 339 g/mol. The lowest BCUT2D eigenvalue weighted by atomic mass is 9.82. The Bertz CT molecular complexity index is 519. The number of nitrogens with zero attached hydrogens (tertiary/aromatic N) is 1. The number of benzene rings is 1. The summed E-state index contributed by atoms with van der Waals surface area (Å²) in [5.74, 6) is 1.01. The van der Waals surface area contributed by atoms with Crippen LogP contribution < -0.4 is 4.74 Å². The highest BCUT2D eigenvalue weighted by molar-refractivity contribution is 9.10. The van der Waals surface area contributed by atoms with Crippen molar-refractivity contribution >= 4 is 15.9 Å². The Labute approximate surface area is 129 Å². The van der Waals surface area contributed by atoms with Crippen LogP contribution in [0.4, 0.5) is 0 Å². The van der Waals surface area contributed by atoms with E-state index < -0.39 is 5.60 Å². The number of rotatable bonds is 2. The van der Waals surface area contributed by atoms with Gasteiger partial charge in [0.25, 0.3) is 0 Å². The van der Waals surface area contributed by atoms with Gasteiger partial charge in [0, 0.05) is 29.9 Å². The molecular formula is C16H22BrNO2. The minimum Gasteiger partial charge on any atom is -0.493 e. The van der Waals surface area contributed by atoms with Crippen molar-refractivity contribution < 1.29 is 9.84 Å². The smallest absolute Gasteiger partial charge is 0.125 e. The molecule has 3 rings (SSSR count). The molecule has 0 saturated carbocycles. The minimum atomic E-state index is -0.605. The van der Waals surface area contributed by atoms with E-state index >= 15 is 0 Å². The molecule has 2 atom stereocenters. The molecule has 0 aromatic heterocycles. The maximum Gasteiger partial charge on any atom is 0.125 e. The number of ether oxygens (including phenoxy) is 1. The molecule has 20 heavy (non-hydrogen) atoms. The molecule has 0 aliphatic carbocycles. The highest BCUT2D eigenvalue weighted by Gasteiger charge is 2.36. The third-order valence-electron chi connectivity index (χ3n) is 4.70. The molecule has 0 radical (unpaired) electrons. The zero-order valence-electron chi connectivity index (χ0n) is 12.2. The van der Waals surface area contributed by atoms with Crippen LogP contribution in [-0.2, 0) is 12.8 Å². The third kappa shape index (κ3) is 2.74. The van der Waals surface area contributed by atoms with Gasteiger partial charge in [-0.05, 0) is 50.1 Å². The first-order valence-corrected chi connectivity index (χ1v) is 8.13. The summed E-state index contributed by atoms with van der Waals surface area (Å²) in [6.07, 6.45) is 3.31. The van der Waals surface area contributed by atoms with Crippen LogP contribution in [0.15, 0.2) is 16.6 Å². The lowest BCUT2D eigenvalue weighted by Gasteiger charge is -2.41. The number of piperidine rings is 1. The van der Waals surface area contributed by atoms with E-state index in [9.17, 15) is 5.11 Å². The number of hydrogen-bond donors (Lipinski definition) is 1. The van der Waals surface area contributed by atoms with Crippen LogP contribution in [-0.4, -0.2) is 41.8 Å². The first kappa shape index (κ1) is 14.4. The topological polar surface area (TPSA) is 32.7 Å². The van der Waals surface area contributed by atoms with Gasteiger partial charge in [-0.15, -0.1) is 0 Å². The molecule has 2 unspecified atom stereocenters. The molecule has 110 valence electrons. The van der Waals surface area contributed by atoms with Crippen LogP contribution in [0, 0.1) is 0 Å². The van der Waals surface area contributed by atoms with Gasteiger partial charge in [-0.3, -0.25) is 0 Å². The predicted molar refractivity (Wildman–Crippen MR) is 83.3 cm³/mol. The van der Waals surface area contributed by atoms with Crippen molar-refractivity contribution in [3.05, 3.63) is 27.7 Å². The van der Waals surface area contributed by atoms with Gasteiger partial charge in [0.1, 0.15) is 5.75 Å². The van der Waals surface area contributed by atoms with E-state index in [4.69, 9.17) is 4.74 Å². The van der Waals surface area contributed by atoms with Crippen molar-refractivity contribution in [1.29, 1.82) is 0 Å². The number of hydrogen-bond acceptors (Lipinski definition) is 3. The van der Waals surface area contributed by atoms with E-state index in [-0.39, 0.29) is 0 Å². The molecule has 1 saturated heterocycles. The van der Waals surface area contributed by atoms with Gasteiger partial charge >= 0.3 is 0 Å². The van der Waals surface area contributed by atoms with Crippen molar-refractivity contribution in [3.63, 3.8) is 0 Å². The molecule has 1 fully saturated rings. The summed E-state index contributed by atoms with van der Waals surface area (Å²) in [7, 11) is 2.13. The van der Waals surface area contributed by atoms with E-state index in [0.29, 0.717) is 12.5 Å². The van der Waals surface area contributed by atoms with Crippen LogP contribution >= 0.6 is 15.9 Å². The number of halogens is 1. The number of aliphatic hydroxyl groups is 1. The lowest BCUT2D eigenvalue weighted by molar-refractivity contribution is -0.0356. The summed E-state index contributed by atoms with van der Waals surface area (Å²) in [6, 6.07) is 4.66. The highest BCUT2D eigenvalue weighted by atomic mass is 79.9. The lowest BCUT2D eigenvalue weighted by Crippen LogP contribution is -2.48. The normalized spacial score (nSPS) is 30.1. The van der Waals surface area contributed by atoms with Crippen molar-refractivity contribution in [3.8, 4) is 5.75 Å². The van der Waals surface area contributed by atoms with Crippen molar-refractivity contribution in [2.24, 2.45) is 0 Å². The molecule has 0 amide bonds. The van der Waals surface area contributed by atoms with Gasteiger partial charge in [-0.25, -0.2) is 0 Å². The molecule has 4 heteroatoms. The largest absolute Gasteiger partial charge is 0.493 e. The molecule has 2 heterocycles. The first-order chi connectivity index (χ1) is 9.47. The fourth-order valence-corrected chi connectivity index (χ4v) is 3.96. The van der Waals surface area contributed by atoms with Crippen LogP contribution in [0.1, 0.15) is 30.9 Å². The Balaban J connectivity index is 1.84. The zero-order chi connectivity index (χ0) is 14.3. The molecule has 1 N–H and O–H groups in total. The van der Waals surface area contributed by atoms with E-state index in [1.54, 1.807) is 0 Å². The summed E-state index contributed by atoms with van der Waals surface area (Å²) in [5.41, 5.74) is 1.80. The van der Waals surface area contributed by atoms with Gasteiger partial charge < -0.3 is 14.7 Å². The second kappa shape index (κ2) is 5.32. The zero-order valence-corrected chi connectivity index (χ0v) is 13.7. The quantitative estimate of drug-likeness (QED) is 0.899. The second-order valence-electron chi connectivity index (χ2n) is 6.34. The Morgan fingerprint density at radius 1 is 1.50 bits per heavy atom. The number of fused-ring (bicyclic) bond motifs is 1. The van der Waals surface area contributed by atoms with Crippen LogP contribution in [0.3, 0.4) is 0 Å². The Morgan fingerprint density at radius 2 is 2.30 bits per heavy atom. The molecule has 3 nitrogen and oxygen atoms in total. The molecule has 1 aromatic rings. The maximum absolute atomic E-state index is 10.9. The van der Waals surface area contributed by atoms with Crippen molar-refractivity contribution in [1.82, 2.24) is 4.90 Å². The van der Waals surface area contributed by atoms with Gasteiger partial charge in [0.05, 0.1) is 12.2 Å². The van der Waals surface area contributed by atoms with Crippen LogP contribution in [0.5, 0.6) is 5.75 Å².